The van der Waals surface area contributed by atoms with E-state index in [1.165, 1.54) is 0 Å². The number of rotatable bonds is 4. The lowest BCUT2D eigenvalue weighted by molar-refractivity contribution is 0.417. The maximum absolute atomic E-state index is 5.26. The molecule has 0 bridgehead atoms. The summed E-state index contributed by atoms with van der Waals surface area (Å²) < 4.78 is 5.26. The standard InChI is InChI=1S/C13H17N3O/c1-9(2)14-8-12-15-13(17-16-12)11-7-5-4-6-10(11)3/h4-7,9,14H,8H2,1-3H3. The number of hydrogen-bond donors (Lipinski definition) is 1. The minimum Gasteiger partial charge on any atom is -0.334 e. The van der Waals surface area contributed by atoms with Gasteiger partial charge in [0.05, 0.1) is 6.54 Å². The first-order valence-electron chi connectivity index (χ1n) is 5.79. The van der Waals surface area contributed by atoms with Crippen molar-refractivity contribution in [2.24, 2.45) is 0 Å². The molecule has 2 rings (SSSR count). The number of aryl methyl sites for hydroxylation is 1. The van der Waals surface area contributed by atoms with Gasteiger partial charge < -0.3 is 9.84 Å². The molecule has 0 aliphatic heterocycles. The highest BCUT2D eigenvalue weighted by atomic mass is 16.5. The third-order valence-corrected chi connectivity index (χ3v) is 2.51. The van der Waals surface area contributed by atoms with Crippen LogP contribution in [0.1, 0.15) is 25.2 Å². The number of nitrogens with zero attached hydrogens (tertiary/aromatic N) is 2. The fraction of sp³-hybridized carbons (Fsp3) is 0.385. The SMILES string of the molecule is Cc1ccccc1-c1nc(CNC(C)C)no1. The zero-order valence-corrected chi connectivity index (χ0v) is 10.4. The Morgan fingerprint density at radius 1 is 1.29 bits per heavy atom. The van der Waals surface area contributed by atoms with E-state index in [1.54, 1.807) is 0 Å². The van der Waals surface area contributed by atoms with E-state index in [0.717, 1.165) is 11.1 Å². The molecule has 4 heteroatoms. The minimum absolute atomic E-state index is 0.412. The summed E-state index contributed by atoms with van der Waals surface area (Å²) in [5.41, 5.74) is 2.13. The van der Waals surface area contributed by atoms with Gasteiger partial charge in [-0.3, -0.25) is 0 Å². The summed E-state index contributed by atoms with van der Waals surface area (Å²) in [5.74, 6) is 1.28. The van der Waals surface area contributed by atoms with Gasteiger partial charge in [-0.25, -0.2) is 0 Å². The van der Waals surface area contributed by atoms with Crippen molar-refractivity contribution >= 4 is 0 Å². The van der Waals surface area contributed by atoms with Crippen molar-refractivity contribution < 1.29 is 4.52 Å². The summed E-state index contributed by atoms with van der Waals surface area (Å²) in [6.07, 6.45) is 0. The maximum Gasteiger partial charge on any atom is 0.258 e. The molecule has 1 heterocycles. The van der Waals surface area contributed by atoms with E-state index in [1.807, 2.05) is 31.2 Å². The van der Waals surface area contributed by atoms with E-state index >= 15 is 0 Å². The molecule has 0 saturated heterocycles. The second-order valence-electron chi connectivity index (χ2n) is 4.37. The van der Waals surface area contributed by atoms with Crippen LogP contribution in [-0.4, -0.2) is 16.2 Å². The second-order valence-corrected chi connectivity index (χ2v) is 4.37. The molecule has 0 unspecified atom stereocenters. The summed E-state index contributed by atoms with van der Waals surface area (Å²) in [7, 11) is 0. The Hall–Kier alpha value is -1.68. The lowest BCUT2D eigenvalue weighted by Gasteiger charge is -2.03. The molecule has 0 fully saturated rings. The first kappa shape index (κ1) is 11.8. The number of nitrogens with one attached hydrogen (secondary N) is 1. The van der Waals surface area contributed by atoms with E-state index < -0.39 is 0 Å². The van der Waals surface area contributed by atoms with E-state index in [-0.39, 0.29) is 0 Å². The van der Waals surface area contributed by atoms with Crippen LogP contribution in [0.25, 0.3) is 11.5 Å². The van der Waals surface area contributed by atoms with Crippen LogP contribution in [0.4, 0.5) is 0 Å². The molecule has 2 aromatic rings. The molecular formula is C13H17N3O. The molecular weight excluding hydrogens is 214 g/mol. The van der Waals surface area contributed by atoms with Crippen molar-refractivity contribution in [3.05, 3.63) is 35.7 Å². The molecule has 0 amide bonds. The van der Waals surface area contributed by atoms with Crippen LogP contribution < -0.4 is 5.32 Å². The van der Waals surface area contributed by atoms with Crippen molar-refractivity contribution in [3.8, 4) is 11.5 Å². The van der Waals surface area contributed by atoms with Crippen molar-refractivity contribution in [3.63, 3.8) is 0 Å². The average Bonchev–Trinajstić information content (AvgIpc) is 2.75. The summed E-state index contributed by atoms with van der Waals surface area (Å²) >= 11 is 0. The topological polar surface area (TPSA) is 51.0 Å². The van der Waals surface area contributed by atoms with Gasteiger partial charge in [0.15, 0.2) is 5.82 Å². The molecule has 0 aliphatic rings. The van der Waals surface area contributed by atoms with Crippen LogP contribution in [0.5, 0.6) is 0 Å². The van der Waals surface area contributed by atoms with Crippen LogP contribution in [0.15, 0.2) is 28.8 Å². The molecule has 0 atom stereocenters. The van der Waals surface area contributed by atoms with Gasteiger partial charge in [0, 0.05) is 11.6 Å². The van der Waals surface area contributed by atoms with Gasteiger partial charge in [0.1, 0.15) is 0 Å². The van der Waals surface area contributed by atoms with Gasteiger partial charge in [0.25, 0.3) is 5.89 Å². The zero-order valence-electron chi connectivity index (χ0n) is 10.4. The fourth-order valence-electron chi connectivity index (χ4n) is 1.54. The normalized spacial score (nSPS) is 11.1. The van der Waals surface area contributed by atoms with Crippen LogP contribution >= 0.6 is 0 Å². The predicted molar refractivity (Wildman–Crippen MR) is 66.4 cm³/mol. The third-order valence-electron chi connectivity index (χ3n) is 2.51. The van der Waals surface area contributed by atoms with E-state index in [4.69, 9.17) is 4.52 Å². The Morgan fingerprint density at radius 3 is 2.76 bits per heavy atom. The van der Waals surface area contributed by atoms with Crippen molar-refractivity contribution in [2.45, 2.75) is 33.4 Å². The first-order valence-corrected chi connectivity index (χ1v) is 5.79. The highest BCUT2D eigenvalue weighted by Gasteiger charge is 2.10. The Balaban J connectivity index is 2.16. The van der Waals surface area contributed by atoms with Gasteiger partial charge in [-0.2, -0.15) is 4.98 Å². The van der Waals surface area contributed by atoms with Crippen molar-refractivity contribution in [2.75, 3.05) is 0 Å². The van der Waals surface area contributed by atoms with Gasteiger partial charge in [-0.15, -0.1) is 0 Å². The van der Waals surface area contributed by atoms with Crippen molar-refractivity contribution in [1.29, 1.82) is 0 Å². The van der Waals surface area contributed by atoms with Crippen LogP contribution in [0.3, 0.4) is 0 Å². The summed E-state index contributed by atoms with van der Waals surface area (Å²) in [5, 5.41) is 7.21. The first-order chi connectivity index (χ1) is 8.16. The number of benzene rings is 1. The Bertz CT molecular complexity index is 491. The van der Waals surface area contributed by atoms with E-state index in [2.05, 4.69) is 29.3 Å². The lowest BCUT2D eigenvalue weighted by atomic mass is 10.1. The minimum atomic E-state index is 0.412. The molecule has 0 radical (unpaired) electrons. The molecule has 0 aliphatic carbocycles. The van der Waals surface area contributed by atoms with E-state index in [9.17, 15) is 0 Å². The maximum atomic E-state index is 5.26. The summed E-state index contributed by atoms with van der Waals surface area (Å²) in [6.45, 7) is 6.84. The van der Waals surface area contributed by atoms with Crippen LogP contribution in [-0.2, 0) is 6.54 Å². The lowest BCUT2D eigenvalue weighted by Crippen LogP contribution is -2.22. The van der Waals surface area contributed by atoms with Crippen molar-refractivity contribution in [1.82, 2.24) is 15.5 Å². The molecule has 90 valence electrons. The number of aromatic nitrogens is 2. The Kier molecular flexibility index (Phi) is 3.54. The quantitative estimate of drug-likeness (QED) is 0.878. The predicted octanol–water partition coefficient (Wildman–Crippen LogP) is 2.54. The summed E-state index contributed by atoms with van der Waals surface area (Å²) in [6, 6.07) is 8.40. The smallest absolute Gasteiger partial charge is 0.258 e. The highest BCUT2D eigenvalue weighted by molar-refractivity contribution is 5.57. The molecule has 17 heavy (non-hydrogen) atoms. The second kappa shape index (κ2) is 5.10. The van der Waals surface area contributed by atoms with Gasteiger partial charge in [-0.1, -0.05) is 37.2 Å². The monoisotopic (exact) mass is 231 g/mol. The van der Waals surface area contributed by atoms with Gasteiger partial charge in [0.2, 0.25) is 0 Å². The molecule has 4 nitrogen and oxygen atoms in total. The van der Waals surface area contributed by atoms with Crippen LogP contribution in [0.2, 0.25) is 0 Å². The largest absolute Gasteiger partial charge is 0.334 e. The van der Waals surface area contributed by atoms with Gasteiger partial charge >= 0.3 is 0 Å². The molecule has 0 saturated carbocycles. The third kappa shape index (κ3) is 2.91. The molecule has 1 aromatic carbocycles. The highest BCUT2D eigenvalue weighted by Crippen LogP contribution is 2.20. The molecule has 0 spiro atoms. The Labute approximate surface area is 101 Å². The summed E-state index contributed by atoms with van der Waals surface area (Å²) in [4.78, 5) is 4.37. The molecule has 1 N–H and O–H groups in total. The Morgan fingerprint density at radius 2 is 2.06 bits per heavy atom. The fourth-order valence-corrected chi connectivity index (χ4v) is 1.54. The van der Waals surface area contributed by atoms with Crippen LogP contribution in [0, 0.1) is 6.92 Å². The van der Waals surface area contributed by atoms with Gasteiger partial charge in [-0.05, 0) is 18.6 Å². The zero-order chi connectivity index (χ0) is 12.3. The van der Waals surface area contributed by atoms with E-state index in [0.29, 0.717) is 24.3 Å². The average molecular weight is 231 g/mol. The molecule has 1 aromatic heterocycles. The number of hydrogen-bond acceptors (Lipinski definition) is 4.